The van der Waals surface area contributed by atoms with E-state index in [1.807, 2.05) is 12.1 Å². The van der Waals surface area contributed by atoms with Gasteiger partial charge in [0, 0.05) is 17.2 Å². The van der Waals surface area contributed by atoms with Gasteiger partial charge in [-0.25, -0.2) is 0 Å². The molecule has 2 aromatic carbocycles. The smallest absolute Gasteiger partial charge is 0.310 e. The van der Waals surface area contributed by atoms with Gasteiger partial charge in [-0.1, -0.05) is 28.1 Å². The lowest BCUT2D eigenvalue weighted by Gasteiger charge is -2.07. The van der Waals surface area contributed by atoms with Crippen LogP contribution in [0.4, 0.5) is 5.69 Å². The average Bonchev–Trinajstić information content (AvgIpc) is 2.86. The van der Waals surface area contributed by atoms with Gasteiger partial charge in [0.25, 0.3) is 17.7 Å². The highest BCUT2D eigenvalue weighted by Crippen LogP contribution is 2.24. The Morgan fingerprint density at radius 2 is 1.70 bits per heavy atom. The van der Waals surface area contributed by atoms with Crippen LogP contribution in [0.25, 0.3) is 0 Å². The number of carbonyl (C=O) groups is 4. The third-order valence-electron chi connectivity index (χ3n) is 4.00. The van der Waals surface area contributed by atoms with Crippen molar-refractivity contribution in [3.05, 3.63) is 63.6 Å². The van der Waals surface area contributed by atoms with E-state index in [-0.39, 0.29) is 17.9 Å². The van der Waals surface area contributed by atoms with Crippen molar-refractivity contribution in [3.8, 4) is 0 Å². The van der Waals surface area contributed by atoms with E-state index >= 15 is 0 Å². The monoisotopic (exact) mass is 430 g/mol. The largest absolute Gasteiger partial charge is 0.455 e. The van der Waals surface area contributed by atoms with E-state index in [0.29, 0.717) is 11.3 Å². The summed E-state index contributed by atoms with van der Waals surface area (Å²) in [5.74, 6) is -1.87. The Morgan fingerprint density at radius 1 is 1.04 bits per heavy atom. The molecule has 0 saturated heterocycles. The number of fused-ring (bicyclic) bond motifs is 1. The SMILES string of the molecule is CN1C(=O)c2ccc(NC(=O)COC(=O)Cc3ccc(Br)cc3)cc2C1=O. The Morgan fingerprint density at radius 3 is 2.41 bits per heavy atom. The van der Waals surface area contributed by atoms with Crippen LogP contribution in [-0.4, -0.2) is 42.2 Å². The number of esters is 1. The maximum atomic E-state index is 12.0. The second-order valence-electron chi connectivity index (χ2n) is 5.94. The van der Waals surface area contributed by atoms with Crippen LogP contribution in [0.15, 0.2) is 46.9 Å². The molecular weight excluding hydrogens is 416 g/mol. The van der Waals surface area contributed by atoms with Gasteiger partial charge >= 0.3 is 5.97 Å². The van der Waals surface area contributed by atoms with Gasteiger partial charge in [0.2, 0.25) is 0 Å². The highest BCUT2D eigenvalue weighted by Gasteiger charge is 2.32. The molecule has 8 heteroatoms. The van der Waals surface area contributed by atoms with Gasteiger partial charge in [-0.2, -0.15) is 0 Å². The standard InChI is InChI=1S/C19H15BrN2O5/c1-22-18(25)14-7-6-13(9-15(14)19(22)26)21-16(23)10-27-17(24)8-11-2-4-12(20)5-3-11/h2-7,9H,8,10H2,1H3,(H,21,23). The summed E-state index contributed by atoms with van der Waals surface area (Å²) in [7, 11) is 1.40. The normalized spacial score (nSPS) is 12.7. The van der Waals surface area contributed by atoms with Crippen LogP contribution < -0.4 is 5.32 Å². The van der Waals surface area contributed by atoms with Gasteiger partial charge < -0.3 is 10.1 Å². The van der Waals surface area contributed by atoms with Crippen molar-refractivity contribution >= 4 is 45.3 Å². The second-order valence-corrected chi connectivity index (χ2v) is 6.86. The van der Waals surface area contributed by atoms with Crippen LogP contribution in [-0.2, 0) is 20.7 Å². The summed E-state index contributed by atoms with van der Waals surface area (Å²) in [6, 6.07) is 11.6. The Balaban J connectivity index is 1.54. The van der Waals surface area contributed by atoms with E-state index in [0.717, 1.165) is 14.9 Å². The number of hydrogen-bond donors (Lipinski definition) is 1. The third-order valence-corrected chi connectivity index (χ3v) is 4.53. The van der Waals surface area contributed by atoms with Gasteiger partial charge in [-0.3, -0.25) is 24.1 Å². The van der Waals surface area contributed by atoms with Gasteiger partial charge in [0.05, 0.1) is 17.5 Å². The summed E-state index contributed by atoms with van der Waals surface area (Å²) >= 11 is 3.31. The van der Waals surface area contributed by atoms with E-state index < -0.39 is 24.4 Å². The molecule has 27 heavy (non-hydrogen) atoms. The van der Waals surface area contributed by atoms with Crippen molar-refractivity contribution in [1.82, 2.24) is 4.90 Å². The zero-order valence-corrected chi connectivity index (χ0v) is 15.9. The fourth-order valence-corrected chi connectivity index (χ4v) is 2.87. The van der Waals surface area contributed by atoms with E-state index in [4.69, 9.17) is 4.74 Å². The molecule has 1 heterocycles. The Kier molecular flexibility index (Phi) is 5.36. The molecule has 0 aliphatic carbocycles. The molecule has 2 aromatic rings. The Hall–Kier alpha value is -3.00. The summed E-state index contributed by atoms with van der Waals surface area (Å²) in [6.45, 7) is -0.445. The number of anilines is 1. The zero-order valence-electron chi connectivity index (χ0n) is 14.3. The first-order valence-electron chi connectivity index (χ1n) is 8.01. The predicted molar refractivity (Wildman–Crippen MR) is 100 cm³/mol. The average molecular weight is 431 g/mol. The molecule has 1 aliphatic rings. The number of hydrogen-bond acceptors (Lipinski definition) is 5. The first-order valence-corrected chi connectivity index (χ1v) is 8.81. The van der Waals surface area contributed by atoms with Crippen molar-refractivity contribution in [2.45, 2.75) is 6.42 Å². The molecule has 0 fully saturated rings. The van der Waals surface area contributed by atoms with Crippen molar-refractivity contribution in [2.75, 3.05) is 19.0 Å². The molecule has 0 saturated carbocycles. The molecule has 0 spiro atoms. The fraction of sp³-hybridized carbons (Fsp3) is 0.158. The molecule has 0 radical (unpaired) electrons. The molecule has 1 aliphatic heterocycles. The number of amides is 3. The molecule has 0 unspecified atom stereocenters. The lowest BCUT2D eigenvalue weighted by molar-refractivity contribution is -0.146. The number of nitrogens with zero attached hydrogens (tertiary/aromatic N) is 1. The van der Waals surface area contributed by atoms with E-state index in [2.05, 4.69) is 21.2 Å². The summed E-state index contributed by atoms with van der Waals surface area (Å²) in [6.07, 6.45) is 0.0579. The summed E-state index contributed by atoms with van der Waals surface area (Å²) in [4.78, 5) is 48.6. The lowest BCUT2D eigenvalue weighted by Crippen LogP contribution is -2.24. The number of halogens is 1. The number of imide groups is 1. The van der Waals surface area contributed by atoms with E-state index in [9.17, 15) is 19.2 Å². The predicted octanol–water partition coefficient (Wildman–Crippen LogP) is 2.40. The van der Waals surface area contributed by atoms with E-state index in [1.54, 1.807) is 12.1 Å². The summed E-state index contributed by atoms with van der Waals surface area (Å²) in [5, 5.41) is 2.54. The first-order chi connectivity index (χ1) is 12.8. The van der Waals surface area contributed by atoms with Crippen LogP contribution in [0, 0.1) is 0 Å². The topological polar surface area (TPSA) is 92.8 Å². The minimum absolute atomic E-state index is 0.0579. The van der Waals surface area contributed by atoms with Crippen LogP contribution in [0.3, 0.4) is 0 Å². The molecular formula is C19H15BrN2O5. The fourth-order valence-electron chi connectivity index (χ4n) is 2.60. The third kappa shape index (κ3) is 4.22. The zero-order chi connectivity index (χ0) is 19.6. The molecule has 7 nitrogen and oxygen atoms in total. The van der Waals surface area contributed by atoms with Gasteiger partial charge in [-0.15, -0.1) is 0 Å². The number of carbonyl (C=O) groups excluding carboxylic acids is 4. The molecule has 3 amide bonds. The molecule has 0 atom stereocenters. The number of nitrogens with one attached hydrogen (secondary N) is 1. The van der Waals surface area contributed by atoms with E-state index in [1.165, 1.54) is 25.2 Å². The van der Waals surface area contributed by atoms with Crippen LogP contribution >= 0.6 is 15.9 Å². The maximum absolute atomic E-state index is 12.0. The minimum atomic E-state index is -0.538. The number of ether oxygens (including phenoxy) is 1. The lowest BCUT2D eigenvalue weighted by atomic mass is 10.1. The molecule has 3 rings (SSSR count). The van der Waals surface area contributed by atoms with Gasteiger partial charge in [0.15, 0.2) is 6.61 Å². The maximum Gasteiger partial charge on any atom is 0.310 e. The van der Waals surface area contributed by atoms with Crippen molar-refractivity contribution in [3.63, 3.8) is 0 Å². The quantitative estimate of drug-likeness (QED) is 0.580. The van der Waals surface area contributed by atoms with Crippen molar-refractivity contribution in [1.29, 1.82) is 0 Å². The highest BCUT2D eigenvalue weighted by molar-refractivity contribution is 9.10. The minimum Gasteiger partial charge on any atom is -0.455 e. The molecule has 138 valence electrons. The highest BCUT2D eigenvalue weighted by atomic mass is 79.9. The van der Waals surface area contributed by atoms with Crippen LogP contribution in [0.1, 0.15) is 26.3 Å². The Bertz CT molecular complexity index is 940. The number of rotatable bonds is 5. The Labute approximate surface area is 163 Å². The molecule has 1 N–H and O–H groups in total. The summed E-state index contributed by atoms with van der Waals surface area (Å²) < 4.78 is 5.87. The van der Waals surface area contributed by atoms with Gasteiger partial charge in [-0.05, 0) is 35.9 Å². The second kappa shape index (κ2) is 7.71. The molecule has 0 aromatic heterocycles. The molecule has 0 bridgehead atoms. The van der Waals surface area contributed by atoms with Crippen molar-refractivity contribution in [2.24, 2.45) is 0 Å². The van der Waals surface area contributed by atoms with Gasteiger partial charge in [0.1, 0.15) is 0 Å². The number of benzene rings is 2. The summed E-state index contributed by atoms with van der Waals surface area (Å²) in [5.41, 5.74) is 1.64. The van der Waals surface area contributed by atoms with Crippen molar-refractivity contribution < 1.29 is 23.9 Å². The first kappa shape index (κ1) is 18.8. The van der Waals surface area contributed by atoms with Crippen LogP contribution in [0.2, 0.25) is 0 Å². The van der Waals surface area contributed by atoms with Crippen LogP contribution in [0.5, 0.6) is 0 Å².